The van der Waals surface area contributed by atoms with Gasteiger partial charge in [0.2, 0.25) is 5.91 Å². The van der Waals surface area contributed by atoms with E-state index in [0.29, 0.717) is 0 Å². The Balaban J connectivity index is 1.31. The van der Waals surface area contributed by atoms with Crippen molar-refractivity contribution in [1.82, 2.24) is 20.4 Å². The van der Waals surface area contributed by atoms with E-state index in [9.17, 15) is 9.59 Å². The van der Waals surface area contributed by atoms with Crippen LogP contribution in [0.25, 0.3) is 6.08 Å². The lowest BCUT2D eigenvalue weighted by molar-refractivity contribution is -0.121. The Labute approximate surface area is 161 Å². The number of hydrogen-bond acceptors (Lipinski definition) is 4. The fourth-order valence-corrected chi connectivity index (χ4v) is 3.69. The van der Waals surface area contributed by atoms with Gasteiger partial charge < -0.3 is 5.32 Å². The molecule has 2 fully saturated rings. The smallest absolute Gasteiger partial charge is 0.321 e. The predicted octanol–water partition coefficient (Wildman–Crippen LogP) is 2.09. The molecule has 0 radical (unpaired) electrons. The SMILES string of the molecule is O=C(CN1CCN(C/C=C/c2ccccc2)CC1)NC(=O)NC1CCCC1. The van der Waals surface area contributed by atoms with E-state index in [0.717, 1.165) is 58.4 Å². The topological polar surface area (TPSA) is 64.7 Å². The van der Waals surface area contributed by atoms with Gasteiger partial charge in [0.15, 0.2) is 0 Å². The van der Waals surface area contributed by atoms with E-state index in [1.807, 2.05) is 18.2 Å². The number of benzene rings is 1. The molecule has 0 bridgehead atoms. The molecule has 0 spiro atoms. The van der Waals surface area contributed by atoms with E-state index in [-0.39, 0.29) is 24.5 Å². The van der Waals surface area contributed by atoms with E-state index in [4.69, 9.17) is 0 Å². The Bertz CT molecular complexity index is 633. The molecule has 146 valence electrons. The summed E-state index contributed by atoms with van der Waals surface area (Å²) in [6, 6.07) is 10.2. The molecule has 1 aromatic rings. The summed E-state index contributed by atoms with van der Waals surface area (Å²) in [5, 5.41) is 5.35. The molecule has 6 nitrogen and oxygen atoms in total. The number of amides is 3. The van der Waals surface area contributed by atoms with Crippen molar-refractivity contribution in [1.29, 1.82) is 0 Å². The zero-order chi connectivity index (χ0) is 18.9. The third kappa shape index (κ3) is 6.81. The zero-order valence-corrected chi connectivity index (χ0v) is 15.9. The van der Waals surface area contributed by atoms with E-state index in [1.165, 1.54) is 5.56 Å². The van der Waals surface area contributed by atoms with Crippen LogP contribution in [0, 0.1) is 0 Å². The molecule has 6 heteroatoms. The Morgan fingerprint density at radius 3 is 2.37 bits per heavy atom. The minimum absolute atomic E-state index is 0.220. The predicted molar refractivity (Wildman–Crippen MR) is 107 cm³/mol. The van der Waals surface area contributed by atoms with Crippen molar-refractivity contribution in [3.05, 3.63) is 42.0 Å². The van der Waals surface area contributed by atoms with Gasteiger partial charge in [0.05, 0.1) is 6.54 Å². The molecular formula is C21H30N4O2. The third-order valence-electron chi connectivity index (χ3n) is 5.25. The van der Waals surface area contributed by atoms with E-state index >= 15 is 0 Å². The molecular weight excluding hydrogens is 340 g/mol. The lowest BCUT2D eigenvalue weighted by Gasteiger charge is -2.33. The van der Waals surface area contributed by atoms with E-state index in [1.54, 1.807) is 0 Å². The maximum Gasteiger partial charge on any atom is 0.321 e. The number of urea groups is 1. The number of imide groups is 1. The van der Waals surface area contributed by atoms with E-state index in [2.05, 4.69) is 44.7 Å². The number of nitrogens with zero attached hydrogens (tertiary/aromatic N) is 2. The van der Waals surface area contributed by atoms with Gasteiger partial charge in [-0.15, -0.1) is 0 Å². The number of rotatable bonds is 6. The molecule has 3 amide bonds. The maximum absolute atomic E-state index is 12.1. The highest BCUT2D eigenvalue weighted by Gasteiger charge is 2.21. The van der Waals surface area contributed by atoms with Gasteiger partial charge >= 0.3 is 6.03 Å². The molecule has 27 heavy (non-hydrogen) atoms. The molecule has 0 unspecified atom stereocenters. The number of carbonyl (C=O) groups is 2. The Morgan fingerprint density at radius 1 is 1.00 bits per heavy atom. The van der Waals surface area contributed by atoms with Crippen molar-refractivity contribution < 1.29 is 9.59 Å². The summed E-state index contributed by atoms with van der Waals surface area (Å²) in [6.45, 7) is 4.75. The Hall–Kier alpha value is -2.18. The van der Waals surface area contributed by atoms with Crippen molar-refractivity contribution in [2.75, 3.05) is 39.3 Å². The fraction of sp³-hybridized carbons (Fsp3) is 0.524. The molecule has 2 N–H and O–H groups in total. The van der Waals surface area contributed by atoms with Gasteiger partial charge in [0.25, 0.3) is 0 Å². The largest absolute Gasteiger partial charge is 0.335 e. The molecule has 2 aliphatic rings. The number of nitrogens with one attached hydrogen (secondary N) is 2. The second-order valence-corrected chi connectivity index (χ2v) is 7.39. The quantitative estimate of drug-likeness (QED) is 0.805. The van der Waals surface area contributed by atoms with Gasteiger partial charge in [-0.25, -0.2) is 4.79 Å². The summed E-state index contributed by atoms with van der Waals surface area (Å²) >= 11 is 0. The number of piperazine rings is 1. The molecule has 1 aliphatic carbocycles. The standard InChI is InChI=1S/C21H30N4O2/c26-20(23-21(27)22-19-10-4-5-11-19)17-25-15-13-24(14-16-25)12-6-9-18-7-2-1-3-8-18/h1-3,6-9,19H,4-5,10-17H2,(H2,22,23,26,27)/b9-6+. The number of hydrogen-bond donors (Lipinski definition) is 2. The van der Waals surface area contributed by atoms with Gasteiger partial charge in [-0.2, -0.15) is 0 Å². The lowest BCUT2D eigenvalue weighted by atomic mass is 10.2. The van der Waals surface area contributed by atoms with Gasteiger partial charge in [-0.3, -0.25) is 19.9 Å². The van der Waals surface area contributed by atoms with Gasteiger partial charge in [0, 0.05) is 38.8 Å². The Morgan fingerprint density at radius 2 is 1.67 bits per heavy atom. The molecule has 1 saturated carbocycles. The minimum Gasteiger partial charge on any atom is -0.335 e. The summed E-state index contributed by atoms with van der Waals surface area (Å²) < 4.78 is 0. The van der Waals surface area contributed by atoms with Crippen LogP contribution in [-0.4, -0.2) is 67.0 Å². The maximum atomic E-state index is 12.1. The first kappa shape index (κ1) is 19.6. The van der Waals surface area contributed by atoms with Crippen LogP contribution in [0.5, 0.6) is 0 Å². The highest BCUT2D eigenvalue weighted by molar-refractivity contribution is 5.95. The van der Waals surface area contributed by atoms with Crippen molar-refractivity contribution in [3.8, 4) is 0 Å². The minimum atomic E-state index is -0.350. The molecule has 1 aromatic carbocycles. The molecule has 1 heterocycles. The average Bonchev–Trinajstić information content (AvgIpc) is 3.17. The molecule has 1 aliphatic heterocycles. The van der Waals surface area contributed by atoms with Crippen LogP contribution in [0.1, 0.15) is 31.2 Å². The van der Waals surface area contributed by atoms with Crippen LogP contribution in [0.15, 0.2) is 36.4 Å². The normalized spacial score (nSPS) is 19.4. The van der Waals surface area contributed by atoms with Crippen LogP contribution in [-0.2, 0) is 4.79 Å². The van der Waals surface area contributed by atoms with Crippen molar-refractivity contribution >= 4 is 18.0 Å². The second kappa shape index (κ2) is 10.2. The monoisotopic (exact) mass is 370 g/mol. The fourth-order valence-electron chi connectivity index (χ4n) is 3.69. The average molecular weight is 370 g/mol. The van der Waals surface area contributed by atoms with Crippen LogP contribution >= 0.6 is 0 Å². The molecule has 3 rings (SSSR count). The Kier molecular flexibility index (Phi) is 7.42. The van der Waals surface area contributed by atoms with Crippen LogP contribution < -0.4 is 10.6 Å². The summed E-state index contributed by atoms with van der Waals surface area (Å²) in [5.41, 5.74) is 1.21. The van der Waals surface area contributed by atoms with Crippen LogP contribution in [0.4, 0.5) is 4.79 Å². The summed E-state index contributed by atoms with van der Waals surface area (Å²) in [4.78, 5) is 28.4. The van der Waals surface area contributed by atoms with Crippen LogP contribution in [0.3, 0.4) is 0 Å². The lowest BCUT2D eigenvalue weighted by Crippen LogP contribution is -2.51. The highest BCUT2D eigenvalue weighted by Crippen LogP contribution is 2.17. The van der Waals surface area contributed by atoms with Crippen molar-refractivity contribution in [2.24, 2.45) is 0 Å². The molecule has 0 atom stereocenters. The second-order valence-electron chi connectivity index (χ2n) is 7.39. The van der Waals surface area contributed by atoms with Crippen LogP contribution in [0.2, 0.25) is 0 Å². The van der Waals surface area contributed by atoms with Crippen molar-refractivity contribution in [2.45, 2.75) is 31.7 Å². The van der Waals surface area contributed by atoms with E-state index < -0.39 is 0 Å². The highest BCUT2D eigenvalue weighted by atomic mass is 16.2. The summed E-state index contributed by atoms with van der Waals surface area (Å²) in [5.74, 6) is -0.220. The van der Waals surface area contributed by atoms with Gasteiger partial charge in [0.1, 0.15) is 0 Å². The first-order chi connectivity index (χ1) is 13.2. The first-order valence-corrected chi connectivity index (χ1v) is 9.96. The summed E-state index contributed by atoms with van der Waals surface area (Å²) in [6.07, 6.45) is 8.67. The zero-order valence-electron chi connectivity index (χ0n) is 15.9. The summed E-state index contributed by atoms with van der Waals surface area (Å²) in [7, 11) is 0. The molecule has 0 aromatic heterocycles. The first-order valence-electron chi connectivity index (χ1n) is 9.96. The molecule has 1 saturated heterocycles. The number of carbonyl (C=O) groups excluding carboxylic acids is 2. The van der Waals surface area contributed by atoms with Gasteiger partial charge in [-0.1, -0.05) is 55.3 Å². The third-order valence-corrected chi connectivity index (χ3v) is 5.25. The van der Waals surface area contributed by atoms with Crippen molar-refractivity contribution in [3.63, 3.8) is 0 Å². The van der Waals surface area contributed by atoms with Gasteiger partial charge in [-0.05, 0) is 18.4 Å².